The molecule has 0 saturated carbocycles. The Balaban J connectivity index is 1.44. The molecule has 4 aromatic rings. The number of likely N-dealkylation sites (tertiary alicyclic amines) is 1. The van der Waals surface area contributed by atoms with Gasteiger partial charge in [0.1, 0.15) is 10.3 Å². The zero-order valence-electron chi connectivity index (χ0n) is 15.5. The fraction of sp³-hybridized carbons (Fsp3) is 0.316. The van der Waals surface area contributed by atoms with E-state index in [4.69, 9.17) is 0 Å². The van der Waals surface area contributed by atoms with Crippen molar-refractivity contribution in [2.75, 3.05) is 13.1 Å². The van der Waals surface area contributed by atoms with Gasteiger partial charge in [0.05, 0.1) is 16.8 Å². The van der Waals surface area contributed by atoms with Crippen LogP contribution in [0.3, 0.4) is 0 Å². The van der Waals surface area contributed by atoms with Crippen molar-refractivity contribution in [3.63, 3.8) is 0 Å². The number of fused-ring (bicyclic) bond motifs is 2. The van der Waals surface area contributed by atoms with Gasteiger partial charge in [-0.3, -0.25) is 9.48 Å². The first-order valence-corrected chi connectivity index (χ1v) is 9.93. The van der Waals surface area contributed by atoms with Gasteiger partial charge in [-0.25, -0.2) is 23.7 Å². The molecule has 0 bridgehead atoms. The summed E-state index contributed by atoms with van der Waals surface area (Å²) in [5, 5.41) is 5.15. The van der Waals surface area contributed by atoms with Gasteiger partial charge in [-0.15, -0.1) is 11.3 Å². The minimum absolute atomic E-state index is 0.0585. The van der Waals surface area contributed by atoms with Crippen LogP contribution in [-0.4, -0.2) is 54.6 Å². The van der Waals surface area contributed by atoms with Crippen LogP contribution in [0.1, 0.15) is 22.5 Å². The minimum Gasteiger partial charge on any atom is -0.337 e. The van der Waals surface area contributed by atoms with Crippen molar-refractivity contribution in [3.05, 3.63) is 35.6 Å². The van der Waals surface area contributed by atoms with E-state index >= 15 is 0 Å². The molecule has 1 saturated heterocycles. The highest BCUT2D eigenvalue weighted by atomic mass is 32.1. The summed E-state index contributed by atoms with van der Waals surface area (Å²) in [6, 6.07) is 3.62. The predicted octanol–water partition coefficient (Wildman–Crippen LogP) is 3.51. The van der Waals surface area contributed by atoms with Crippen LogP contribution in [0.4, 0.5) is 8.78 Å². The van der Waals surface area contributed by atoms with E-state index < -0.39 is 5.92 Å². The quantitative estimate of drug-likeness (QED) is 0.502. The summed E-state index contributed by atoms with van der Waals surface area (Å²) < 4.78 is 28.4. The number of pyridine rings is 1. The minimum atomic E-state index is -2.68. The number of nitrogens with zero attached hydrogens (tertiary/aromatic N) is 6. The molecule has 148 valence electrons. The number of halogens is 2. The number of aromatic nitrogens is 5. The molecule has 29 heavy (non-hydrogen) atoms. The van der Waals surface area contributed by atoms with E-state index in [9.17, 15) is 13.6 Å². The number of alkyl halides is 2. The number of rotatable bonds is 2. The third kappa shape index (κ3) is 3.33. The molecule has 1 amide bonds. The van der Waals surface area contributed by atoms with Crippen molar-refractivity contribution < 1.29 is 13.6 Å². The van der Waals surface area contributed by atoms with Gasteiger partial charge in [-0.2, -0.15) is 5.10 Å². The van der Waals surface area contributed by atoms with E-state index in [1.54, 1.807) is 23.1 Å². The monoisotopic (exact) mass is 414 g/mol. The molecular weight excluding hydrogens is 398 g/mol. The fourth-order valence-corrected chi connectivity index (χ4v) is 4.34. The number of aryl methyl sites for hydroxylation is 1. The first-order valence-electron chi connectivity index (χ1n) is 9.11. The summed E-state index contributed by atoms with van der Waals surface area (Å²) in [5.41, 5.74) is 2.70. The van der Waals surface area contributed by atoms with Crippen LogP contribution in [-0.2, 0) is 7.05 Å². The van der Waals surface area contributed by atoms with Crippen LogP contribution < -0.4 is 0 Å². The molecule has 4 aromatic heterocycles. The molecule has 0 spiro atoms. The van der Waals surface area contributed by atoms with Crippen LogP contribution in [0.25, 0.3) is 32.6 Å². The van der Waals surface area contributed by atoms with E-state index in [2.05, 4.69) is 20.1 Å². The van der Waals surface area contributed by atoms with Crippen LogP contribution in [0.5, 0.6) is 0 Å². The van der Waals surface area contributed by atoms with Crippen molar-refractivity contribution in [3.8, 4) is 11.3 Å². The summed E-state index contributed by atoms with van der Waals surface area (Å²) >= 11 is 1.23. The highest BCUT2D eigenvalue weighted by Gasteiger charge is 2.36. The van der Waals surface area contributed by atoms with Gasteiger partial charge >= 0.3 is 0 Å². The number of carbonyl (C=O) groups is 1. The Labute approximate surface area is 168 Å². The van der Waals surface area contributed by atoms with Crippen molar-refractivity contribution >= 4 is 38.6 Å². The fourth-order valence-electron chi connectivity index (χ4n) is 3.43. The van der Waals surface area contributed by atoms with Crippen molar-refractivity contribution in [1.29, 1.82) is 0 Å². The number of thiophene rings is 1. The number of carbonyl (C=O) groups excluding carboxylic acids is 1. The van der Waals surface area contributed by atoms with Gasteiger partial charge in [0.15, 0.2) is 5.65 Å². The molecule has 1 fully saturated rings. The smallest absolute Gasteiger partial charge is 0.264 e. The SMILES string of the molecule is Cn1cc2cc(-c3cnc4sc(C(=O)N5CCC(F)(F)CC5)cc4n3)cnc2n1. The van der Waals surface area contributed by atoms with E-state index in [1.165, 1.54) is 16.2 Å². The largest absolute Gasteiger partial charge is 0.337 e. The van der Waals surface area contributed by atoms with E-state index in [-0.39, 0.29) is 31.8 Å². The molecule has 1 aliphatic heterocycles. The summed E-state index contributed by atoms with van der Waals surface area (Å²) in [6.45, 7) is 0.117. The van der Waals surface area contributed by atoms with Gasteiger partial charge in [-0.1, -0.05) is 0 Å². The molecule has 5 rings (SSSR count). The van der Waals surface area contributed by atoms with Crippen LogP contribution in [0.15, 0.2) is 30.7 Å². The molecule has 1 aliphatic rings. The number of hydrogen-bond donors (Lipinski definition) is 0. The van der Waals surface area contributed by atoms with Gasteiger partial charge in [0.25, 0.3) is 11.8 Å². The Bertz CT molecular complexity index is 1240. The number of hydrogen-bond acceptors (Lipinski definition) is 6. The molecule has 10 heteroatoms. The topological polar surface area (TPSA) is 76.8 Å². The lowest BCUT2D eigenvalue weighted by atomic mass is 10.1. The maximum absolute atomic E-state index is 13.3. The highest BCUT2D eigenvalue weighted by Crippen LogP contribution is 2.31. The maximum atomic E-state index is 13.3. The molecule has 0 atom stereocenters. The van der Waals surface area contributed by atoms with E-state index in [0.29, 0.717) is 26.6 Å². The van der Waals surface area contributed by atoms with Crippen LogP contribution in [0, 0.1) is 0 Å². The average Bonchev–Trinajstić information content (AvgIpc) is 3.28. The van der Waals surface area contributed by atoms with Crippen molar-refractivity contribution in [1.82, 2.24) is 29.6 Å². The van der Waals surface area contributed by atoms with Gasteiger partial charge in [0, 0.05) is 56.3 Å². The zero-order chi connectivity index (χ0) is 20.2. The summed E-state index contributed by atoms with van der Waals surface area (Å²) in [6.07, 6.45) is 4.62. The predicted molar refractivity (Wildman–Crippen MR) is 105 cm³/mol. The van der Waals surface area contributed by atoms with E-state index in [0.717, 1.165) is 10.9 Å². The maximum Gasteiger partial charge on any atom is 0.264 e. The highest BCUT2D eigenvalue weighted by molar-refractivity contribution is 7.20. The lowest BCUT2D eigenvalue weighted by Crippen LogP contribution is -2.42. The Morgan fingerprint density at radius 3 is 2.76 bits per heavy atom. The Kier molecular flexibility index (Phi) is 4.05. The molecule has 0 N–H and O–H groups in total. The second-order valence-corrected chi connectivity index (χ2v) is 8.17. The second kappa shape index (κ2) is 6.51. The summed E-state index contributed by atoms with van der Waals surface area (Å²) in [4.78, 5) is 28.7. The van der Waals surface area contributed by atoms with Crippen LogP contribution >= 0.6 is 11.3 Å². The molecule has 0 aliphatic carbocycles. The van der Waals surface area contributed by atoms with Crippen molar-refractivity contribution in [2.45, 2.75) is 18.8 Å². The number of piperidine rings is 1. The standard InChI is InChI=1S/C19H16F2N6OS/c1-26-10-12-6-11(8-22-16(12)25-26)14-9-23-17-13(24-14)7-15(29-17)18(28)27-4-2-19(20,21)3-5-27/h6-10H,2-5H2,1H3. The van der Waals surface area contributed by atoms with E-state index in [1.807, 2.05) is 19.3 Å². The zero-order valence-corrected chi connectivity index (χ0v) is 16.3. The molecule has 5 heterocycles. The van der Waals surface area contributed by atoms with Gasteiger partial charge < -0.3 is 4.90 Å². The van der Waals surface area contributed by atoms with Crippen molar-refractivity contribution in [2.24, 2.45) is 7.05 Å². The molecular formula is C19H16F2N6OS. The van der Waals surface area contributed by atoms with Gasteiger partial charge in [0.2, 0.25) is 0 Å². The summed E-state index contributed by atoms with van der Waals surface area (Å²) in [5.74, 6) is -2.93. The third-order valence-corrected chi connectivity index (χ3v) is 6.02. The summed E-state index contributed by atoms with van der Waals surface area (Å²) in [7, 11) is 1.83. The lowest BCUT2D eigenvalue weighted by Gasteiger charge is -2.31. The lowest BCUT2D eigenvalue weighted by molar-refractivity contribution is -0.0493. The molecule has 0 aromatic carbocycles. The molecule has 0 radical (unpaired) electrons. The number of amides is 1. The third-order valence-electron chi connectivity index (χ3n) is 5.00. The Hall–Kier alpha value is -3.01. The first-order chi connectivity index (χ1) is 13.9. The van der Waals surface area contributed by atoms with Crippen LogP contribution in [0.2, 0.25) is 0 Å². The normalized spacial score (nSPS) is 16.6. The average molecular weight is 414 g/mol. The Morgan fingerprint density at radius 2 is 1.97 bits per heavy atom. The Morgan fingerprint density at radius 1 is 1.17 bits per heavy atom. The molecule has 7 nitrogen and oxygen atoms in total. The second-order valence-electron chi connectivity index (χ2n) is 7.14. The molecule has 0 unspecified atom stereocenters. The van der Waals surface area contributed by atoms with Gasteiger partial charge in [-0.05, 0) is 12.1 Å². The first kappa shape index (κ1) is 18.0.